The van der Waals surface area contributed by atoms with Crippen LogP contribution < -0.4 is 10.6 Å². The Hall–Kier alpha value is -2.40. The summed E-state index contributed by atoms with van der Waals surface area (Å²) in [5, 5.41) is 6.98. The number of halogens is 1. The van der Waals surface area contributed by atoms with Crippen molar-refractivity contribution in [2.24, 2.45) is 10.9 Å². The van der Waals surface area contributed by atoms with Gasteiger partial charge in [0, 0.05) is 38.6 Å². The van der Waals surface area contributed by atoms with Gasteiger partial charge < -0.3 is 15.5 Å². The number of rotatable bonds is 8. The normalized spacial score (nSPS) is 20.9. The molecule has 1 aliphatic carbocycles. The lowest BCUT2D eigenvalue weighted by atomic mass is 9.96. The smallest absolute Gasteiger partial charge is 0.191 e. The molecule has 2 fully saturated rings. The predicted molar refractivity (Wildman–Crippen MR) is 121 cm³/mol. The molecular formula is C25H33FN4. The molecule has 1 heterocycles. The molecule has 1 atom stereocenters. The molecule has 160 valence electrons. The Kier molecular flexibility index (Phi) is 6.68. The largest absolute Gasteiger partial charge is 0.356 e. The highest BCUT2D eigenvalue weighted by Gasteiger charge is 2.44. The van der Waals surface area contributed by atoms with Gasteiger partial charge in [-0.2, -0.15) is 0 Å². The molecule has 4 rings (SSSR count). The van der Waals surface area contributed by atoms with Gasteiger partial charge in [0.25, 0.3) is 0 Å². The van der Waals surface area contributed by atoms with Gasteiger partial charge in [-0.25, -0.2) is 4.39 Å². The second kappa shape index (κ2) is 9.61. The number of nitrogens with one attached hydrogen (secondary N) is 2. The number of nitrogens with zero attached hydrogens (tertiary/aromatic N) is 2. The summed E-state index contributed by atoms with van der Waals surface area (Å²) in [6.45, 7) is 5.18. The molecule has 0 bridgehead atoms. The fourth-order valence-electron chi connectivity index (χ4n) is 4.47. The van der Waals surface area contributed by atoms with E-state index in [2.05, 4.69) is 50.9 Å². The molecule has 0 aromatic heterocycles. The molecule has 2 aromatic rings. The van der Waals surface area contributed by atoms with Crippen molar-refractivity contribution in [3.05, 3.63) is 71.5 Å². The average Bonchev–Trinajstić information content (AvgIpc) is 3.44. The molecule has 0 radical (unpaired) electrons. The van der Waals surface area contributed by atoms with E-state index in [0.29, 0.717) is 5.92 Å². The summed E-state index contributed by atoms with van der Waals surface area (Å²) in [4.78, 5) is 6.96. The van der Waals surface area contributed by atoms with Crippen LogP contribution in [0.15, 0.2) is 59.6 Å². The second-order valence-corrected chi connectivity index (χ2v) is 8.79. The molecular weight excluding hydrogens is 375 g/mol. The first-order chi connectivity index (χ1) is 14.7. The Morgan fingerprint density at radius 3 is 2.70 bits per heavy atom. The minimum atomic E-state index is -0.153. The summed E-state index contributed by atoms with van der Waals surface area (Å²) < 4.78 is 13.6. The first kappa shape index (κ1) is 20.9. The van der Waals surface area contributed by atoms with Gasteiger partial charge in [-0.3, -0.25) is 4.99 Å². The number of aliphatic imine (C=N–C) groups is 1. The Labute approximate surface area is 179 Å². The summed E-state index contributed by atoms with van der Waals surface area (Å²) in [6.07, 6.45) is 4.54. The summed E-state index contributed by atoms with van der Waals surface area (Å²) in [6, 6.07) is 17.8. The van der Waals surface area contributed by atoms with E-state index in [0.717, 1.165) is 57.0 Å². The highest BCUT2D eigenvalue weighted by Crippen LogP contribution is 2.47. The average molecular weight is 409 g/mol. The molecule has 4 nitrogen and oxygen atoms in total. The number of benzene rings is 2. The van der Waals surface area contributed by atoms with E-state index in [-0.39, 0.29) is 11.2 Å². The summed E-state index contributed by atoms with van der Waals surface area (Å²) >= 11 is 0. The zero-order chi connectivity index (χ0) is 20.8. The molecule has 5 heteroatoms. The third-order valence-corrected chi connectivity index (χ3v) is 6.60. The Bertz CT molecular complexity index is 847. The lowest BCUT2D eigenvalue weighted by Crippen LogP contribution is -2.43. The quantitative estimate of drug-likeness (QED) is 0.518. The van der Waals surface area contributed by atoms with Crippen molar-refractivity contribution < 1.29 is 4.39 Å². The highest BCUT2D eigenvalue weighted by molar-refractivity contribution is 5.79. The fraction of sp³-hybridized carbons (Fsp3) is 0.480. The maximum Gasteiger partial charge on any atom is 0.191 e. The van der Waals surface area contributed by atoms with Crippen molar-refractivity contribution in [2.45, 2.75) is 31.1 Å². The monoisotopic (exact) mass is 408 g/mol. The van der Waals surface area contributed by atoms with Crippen LogP contribution in [0.4, 0.5) is 4.39 Å². The third-order valence-electron chi connectivity index (χ3n) is 6.60. The van der Waals surface area contributed by atoms with Crippen LogP contribution in [0.2, 0.25) is 0 Å². The van der Waals surface area contributed by atoms with E-state index in [1.165, 1.54) is 24.6 Å². The Morgan fingerprint density at radius 2 is 1.97 bits per heavy atom. The molecule has 30 heavy (non-hydrogen) atoms. The predicted octanol–water partition coefficient (Wildman–Crippen LogP) is 3.59. The van der Waals surface area contributed by atoms with Crippen LogP contribution in [-0.4, -0.2) is 50.6 Å². The summed E-state index contributed by atoms with van der Waals surface area (Å²) in [5.41, 5.74) is 2.56. The molecule has 2 aliphatic rings. The van der Waals surface area contributed by atoms with Crippen LogP contribution in [0.1, 0.15) is 30.4 Å². The molecule has 0 amide bonds. The second-order valence-electron chi connectivity index (χ2n) is 8.79. The molecule has 2 N–H and O–H groups in total. The van der Waals surface area contributed by atoms with Crippen molar-refractivity contribution >= 4 is 5.96 Å². The van der Waals surface area contributed by atoms with Crippen molar-refractivity contribution in [1.29, 1.82) is 0 Å². The number of hydrogen-bond donors (Lipinski definition) is 2. The van der Waals surface area contributed by atoms with E-state index in [1.807, 2.05) is 13.1 Å². The van der Waals surface area contributed by atoms with E-state index in [4.69, 9.17) is 0 Å². The van der Waals surface area contributed by atoms with Crippen molar-refractivity contribution in [1.82, 2.24) is 15.5 Å². The van der Waals surface area contributed by atoms with E-state index in [1.54, 1.807) is 12.1 Å². The Morgan fingerprint density at radius 1 is 1.13 bits per heavy atom. The Balaban J connectivity index is 1.19. The lowest BCUT2D eigenvalue weighted by molar-refractivity contribution is 0.328. The van der Waals surface area contributed by atoms with E-state index in [9.17, 15) is 4.39 Å². The van der Waals surface area contributed by atoms with Crippen LogP contribution in [0.5, 0.6) is 0 Å². The topological polar surface area (TPSA) is 39.7 Å². The van der Waals surface area contributed by atoms with Crippen LogP contribution in [-0.2, 0) is 11.8 Å². The molecule has 1 aliphatic heterocycles. The molecule has 2 aromatic carbocycles. The van der Waals surface area contributed by atoms with Gasteiger partial charge in [-0.1, -0.05) is 42.5 Å². The van der Waals surface area contributed by atoms with E-state index < -0.39 is 0 Å². The van der Waals surface area contributed by atoms with Gasteiger partial charge in [-0.05, 0) is 61.4 Å². The lowest BCUT2D eigenvalue weighted by Gasteiger charge is -2.20. The van der Waals surface area contributed by atoms with Crippen molar-refractivity contribution in [2.75, 3.05) is 39.8 Å². The van der Waals surface area contributed by atoms with Gasteiger partial charge in [0.05, 0.1) is 0 Å². The molecule has 0 spiro atoms. The minimum Gasteiger partial charge on any atom is -0.356 e. The number of guanidine groups is 1. The van der Waals surface area contributed by atoms with Gasteiger partial charge in [-0.15, -0.1) is 0 Å². The molecule has 1 unspecified atom stereocenters. The van der Waals surface area contributed by atoms with Gasteiger partial charge >= 0.3 is 0 Å². The maximum absolute atomic E-state index is 13.6. The van der Waals surface area contributed by atoms with Crippen molar-refractivity contribution in [3.63, 3.8) is 0 Å². The van der Waals surface area contributed by atoms with Gasteiger partial charge in [0.1, 0.15) is 5.82 Å². The van der Waals surface area contributed by atoms with Crippen LogP contribution in [0.3, 0.4) is 0 Å². The zero-order valence-corrected chi connectivity index (χ0v) is 17.9. The zero-order valence-electron chi connectivity index (χ0n) is 17.9. The van der Waals surface area contributed by atoms with Crippen molar-refractivity contribution in [3.8, 4) is 0 Å². The first-order valence-corrected chi connectivity index (χ1v) is 11.1. The standard InChI is InChI=1S/C25H33FN4/c1-27-24(29-19-25(12-13-25)22-8-5-9-23(26)16-22)28-17-21-11-15-30(18-21)14-10-20-6-3-2-4-7-20/h2-9,16,21H,10-15,17-19H2,1H3,(H2,27,28,29). The SMILES string of the molecule is CN=C(NCC1CCN(CCc2ccccc2)C1)NCC1(c2cccc(F)c2)CC1. The number of likely N-dealkylation sites (tertiary alicyclic amines) is 1. The van der Waals surface area contributed by atoms with Crippen LogP contribution in [0, 0.1) is 11.7 Å². The van der Waals surface area contributed by atoms with Gasteiger partial charge in [0.2, 0.25) is 0 Å². The fourth-order valence-corrected chi connectivity index (χ4v) is 4.47. The maximum atomic E-state index is 13.6. The molecule has 1 saturated carbocycles. The highest BCUT2D eigenvalue weighted by atomic mass is 19.1. The van der Waals surface area contributed by atoms with Gasteiger partial charge in [0.15, 0.2) is 5.96 Å². The first-order valence-electron chi connectivity index (χ1n) is 11.1. The van der Waals surface area contributed by atoms with Crippen LogP contribution in [0.25, 0.3) is 0 Å². The molecule has 1 saturated heterocycles. The van der Waals surface area contributed by atoms with E-state index >= 15 is 0 Å². The summed E-state index contributed by atoms with van der Waals surface area (Å²) in [5.74, 6) is 1.34. The van der Waals surface area contributed by atoms with Crippen LogP contribution >= 0.6 is 0 Å². The number of hydrogen-bond acceptors (Lipinski definition) is 2. The third kappa shape index (κ3) is 5.39. The minimum absolute atomic E-state index is 0.0569. The summed E-state index contributed by atoms with van der Waals surface area (Å²) in [7, 11) is 1.82.